The first kappa shape index (κ1) is 19.4. The van der Waals surface area contributed by atoms with Crippen LogP contribution in [0.25, 0.3) is 0 Å². The fraction of sp³-hybridized carbons (Fsp3) is 0.760. The van der Waals surface area contributed by atoms with Crippen LogP contribution in [-0.2, 0) is 5.41 Å². The van der Waals surface area contributed by atoms with Crippen molar-refractivity contribution in [1.82, 2.24) is 9.80 Å². The number of rotatable bonds is 3. The van der Waals surface area contributed by atoms with Crippen molar-refractivity contribution in [2.75, 3.05) is 26.2 Å². The molecule has 3 aliphatic heterocycles. The van der Waals surface area contributed by atoms with E-state index in [1.54, 1.807) is 6.07 Å². The molecular weight excluding hydrogens is 376 g/mol. The van der Waals surface area contributed by atoms with Gasteiger partial charge in [-0.2, -0.15) is 0 Å². The van der Waals surface area contributed by atoms with Crippen molar-refractivity contribution in [3.8, 4) is 11.5 Å². The highest BCUT2D eigenvalue weighted by atomic mass is 16.5. The van der Waals surface area contributed by atoms with Gasteiger partial charge in [-0.1, -0.05) is 6.07 Å². The predicted molar refractivity (Wildman–Crippen MR) is 116 cm³/mol. The number of hydrogen-bond donors (Lipinski definition) is 2. The third-order valence-electron chi connectivity index (χ3n) is 9.30. The van der Waals surface area contributed by atoms with Crippen LogP contribution in [0.15, 0.2) is 12.1 Å². The Morgan fingerprint density at radius 3 is 2.60 bits per heavy atom. The summed E-state index contributed by atoms with van der Waals surface area (Å²) >= 11 is 0. The van der Waals surface area contributed by atoms with E-state index in [1.807, 2.05) is 6.07 Å². The van der Waals surface area contributed by atoms with E-state index in [0.29, 0.717) is 11.8 Å². The Hall–Kier alpha value is -1.30. The molecule has 5 aliphatic rings. The van der Waals surface area contributed by atoms with Crippen LogP contribution in [0.2, 0.25) is 0 Å². The Morgan fingerprint density at radius 1 is 1.10 bits per heavy atom. The molecule has 0 aromatic heterocycles. The van der Waals surface area contributed by atoms with Gasteiger partial charge in [0, 0.05) is 24.2 Å². The number of piperidine rings is 1. The van der Waals surface area contributed by atoms with E-state index in [4.69, 9.17) is 4.74 Å². The van der Waals surface area contributed by atoms with Crippen molar-refractivity contribution in [2.24, 2.45) is 5.92 Å². The highest BCUT2D eigenvalue weighted by Crippen LogP contribution is 2.63. The molecule has 1 aromatic carbocycles. The van der Waals surface area contributed by atoms with E-state index in [1.165, 1.54) is 25.7 Å². The first-order chi connectivity index (χ1) is 14.5. The van der Waals surface area contributed by atoms with Crippen molar-refractivity contribution in [2.45, 2.75) is 88.0 Å². The van der Waals surface area contributed by atoms with Gasteiger partial charge in [0.1, 0.15) is 6.10 Å². The molecule has 0 unspecified atom stereocenters. The molecule has 5 nitrogen and oxygen atoms in total. The Morgan fingerprint density at radius 2 is 1.87 bits per heavy atom. The fourth-order valence-corrected chi connectivity index (χ4v) is 7.54. The Bertz CT molecular complexity index is 849. The molecule has 2 N–H and O–H groups in total. The van der Waals surface area contributed by atoms with Crippen LogP contribution in [0.1, 0.15) is 63.0 Å². The highest BCUT2D eigenvalue weighted by molar-refractivity contribution is 5.60. The number of nitrogens with zero attached hydrogens (tertiary/aromatic N) is 2. The van der Waals surface area contributed by atoms with Gasteiger partial charge in [0.15, 0.2) is 11.5 Å². The third-order valence-corrected chi connectivity index (χ3v) is 9.30. The number of aryl methyl sites for hydroxylation is 1. The Labute approximate surface area is 180 Å². The molecule has 2 saturated carbocycles. The number of phenols is 1. The van der Waals surface area contributed by atoms with Crippen molar-refractivity contribution in [1.29, 1.82) is 0 Å². The van der Waals surface area contributed by atoms with Crippen molar-refractivity contribution >= 4 is 0 Å². The summed E-state index contributed by atoms with van der Waals surface area (Å²) in [7, 11) is 0. The molecule has 164 valence electrons. The molecule has 4 fully saturated rings. The zero-order valence-corrected chi connectivity index (χ0v) is 18.4. The monoisotopic (exact) mass is 412 g/mol. The molecule has 5 atom stereocenters. The number of hydrogen-bond acceptors (Lipinski definition) is 5. The van der Waals surface area contributed by atoms with Gasteiger partial charge in [0.25, 0.3) is 0 Å². The van der Waals surface area contributed by atoms with Crippen molar-refractivity contribution in [3.05, 3.63) is 23.3 Å². The second-order valence-corrected chi connectivity index (χ2v) is 10.8. The van der Waals surface area contributed by atoms with Gasteiger partial charge in [-0.05, 0) is 96.0 Å². The zero-order chi connectivity index (χ0) is 20.7. The van der Waals surface area contributed by atoms with Crippen LogP contribution in [0.3, 0.4) is 0 Å². The standard InChI is InChI=1S/C25H36N2O3/c1-16-5-8-20(28)22-21(16)24-11-14-27(15-18-6-7-18)17(2)25(24,29)10-9-19(23(24)30-22)26-12-3-4-13-26/h5,8,17-19,23,28-29H,3-4,6-7,9-15H2,1-2H3/t17-,19-,23+,24+,25-/m1/s1. The van der Waals surface area contributed by atoms with E-state index in [-0.39, 0.29) is 17.9 Å². The molecule has 2 saturated heterocycles. The lowest BCUT2D eigenvalue weighted by Crippen LogP contribution is -2.75. The summed E-state index contributed by atoms with van der Waals surface area (Å²) in [5.74, 6) is 1.70. The molecule has 6 rings (SSSR count). The quantitative estimate of drug-likeness (QED) is 0.799. The molecule has 5 heteroatoms. The van der Waals surface area contributed by atoms with Crippen LogP contribution in [0, 0.1) is 12.8 Å². The van der Waals surface area contributed by atoms with Gasteiger partial charge in [0.2, 0.25) is 0 Å². The third kappa shape index (κ3) is 2.46. The van der Waals surface area contributed by atoms with Gasteiger partial charge >= 0.3 is 0 Å². The molecule has 1 spiro atoms. The lowest BCUT2D eigenvalue weighted by Gasteiger charge is -2.62. The van der Waals surface area contributed by atoms with Crippen molar-refractivity contribution in [3.63, 3.8) is 0 Å². The lowest BCUT2D eigenvalue weighted by molar-refractivity contribution is -0.190. The maximum Gasteiger partial charge on any atom is 0.165 e. The SMILES string of the molecule is Cc1ccc(O)c2c1[C@]13CCN(CC4CC4)[C@H](C)[C@]1(O)CC[C@@H](N1CCCC1)[C@@H]3O2. The minimum atomic E-state index is -0.829. The van der Waals surface area contributed by atoms with Crippen molar-refractivity contribution < 1.29 is 14.9 Å². The summed E-state index contributed by atoms with van der Waals surface area (Å²) in [6, 6.07) is 4.19. The number of fused-ring (bicyclic) bond motifs is 1. The van der Waals surface area contributed by atoms with Gasteiger partial charge in [-0.25, -0.2) is 0 Å². The molecule has 30 heavy (non-hydrogen) atoms. The maximum atomic E-state index is 12.5. The minimum absolute atomic E-state index is 0.0816. The fourth-order valence-electron chi connectivity index (χ4n) is 7.54. The lowest BCUT2D eigenvalue weighted by atomic mass is 9.51. The van der Waals surface area contributed by atoms with Gasteiger partial charge in [0.05, 0.1) is 11.0 Å². The van der Waals surface area contributed by atoms with Gasteiger partial charge in [-0.3, -0.25) is 9.80 Å². The zero-order valence-electron chi connectivity index (χ0n) is 18.4. The second kappa shape index (κ2) is 6.60. The van der Waals surface area contributed by atoms with E-state index < -0.39 is 11.0 Å². The number of phenolic OH excluding ortho intramolecular Hbond substituents is 1. The maximum absolute atomic E-state index is 12.5. The summed E-state index contributed by atoms with van der Waals surface area (Å²) in [5.41, 5.74) is 0.978. The van der Waals surface area contributed by atoms with E-state index >= 15 is 0 Å². The second-order valence-electron chi connectivity index (χ2n) is 10.8. The minimum Gasteiger partial charge on any atom is -0.504 e. The summed E-state index contributed by atoms with van der Waals surface area (Å²) in [5, 5.41) is 23.3. The van der Waals surface area contributed by atoms with E-state index in [2.05, 4.69) is 23.6 Å². The Balaban J connectivity index is 1.48. The molecule has 0 bridgehead atoms. The van der Waals surface area contributed by atoms with Gasteiger partial charge in [-0.15, -0.1) is 0 Å². The Kier molecular flexibility index (Phi) is 4.27. The van der Waals surface area contributed by atoms with E-state index in [9.17, 15) is 10.2 Å². The van der Waals surface area contributed by atoms with Crippen LogP contribution < -0.4 is 4.74 Å². The van der Waals surface area contributed by atoms with E-state index in [0.717, 1.165) is 62.5 Å². The largest absolute Gasteiger partial charge is 0.504 e. The number of benzene rings is 1. The summed E-state index contributed by atoms with van der Waals surface area (Å²) < 4.78 is 6.68. The molecule has 0 radical (unpaired) electrons. The average Bonchev–Trinajstić information content (AvgIpc) is 3.24. The molecule has 0 amide bonds. The van der Waals surface area contributed by atoms with Crippen LogP contribution in [0.5, 0.6) is 11.5 Å². The highest BCUT2D eigenvalue weighted by Gasteiger charge is 2.70. The molecular formula is C25H36N2O3. The number of aliphatic hydroxyl groups is 1. The molecule has 2 aliphatic carbocycles. The first-order valence-electron chi connectivity index (χ1n) is 12.2. The molecule has 3 heterocycles. The van der Waals surface area contributed by atoms with Crippen LogP contribution in [0.4, 0.5) is 0 Å². The molecule has 1 aromatic rings. The summed E-state index contributed by atoms with van der Waals surface area (Å²) in [6.07, 6.45) is 7.79. The van der Waals surface area contributed by atoms with Gasteiger partial charge < -0.3 is 14.9 Å². The summed E-state index contributed by atoms with van der Waals surface area (Å²) in [4.78, 5) is 5.15. The summed E-state index contributed by atoms with van der Waals surface area (Å²) in [6.45, 7) is 8.74. The predicted octanol–water partition coefficient (Wildman–Crippen LogP) is 3.19. The normalized spacial score (nSPS) is 41.2. The number of likely N-dealkylation sites (tertiary alicyclic amines) is 2. The number of ether oxygens (including phenoxy) is 1. The number of aromatic hydroxyl groups is 1. The van der Waals surface area contributed by atoms with Crippen LogP contribution in [-0.4, -0.2) is 70.0 Å². The first-order valence-corrected chi connectivity index (χ1v) is 12.2. The average molecular weight is 413 g/mol. The smallest absolute Gasteiger partial charge is 0.165 e. The topological polar surface area (TPSA) is 56.2 Å². The van der Waals surface area contributed by atoms with Crippen LogP contribution >= 0.6 is 0 Å².